The molecule has 5 nitrogen and oxygen atoms in total. The summed E-state index contributed by atoms with van der Waals surface area (Å²) < 4.78 is 12.4. The second kappa shape index (κ2) is 11.5. The highest BCUT2D eigenvalue weighted by molar-refractivity contribution is 9.10. The molecule has 0 spiro atoms. The number of ether oxygens (including phenoxy) is 2. The molecule has 0 aromatic heterocycles. The minimum atomic E-state index is -0.354. The lowest BCUT2D eigenvalue weighted by Crippen LogP contribution is -2.34. The molecule has 0 aliphatic rings. The van der Waals surface area contributed by atoms with E-state index in [4.69, 9.17) is 21.7 Å². The number of hydrogen-bond donors (Lipinski definition) is 2. The number of para-hydroxylation sites is 2. The van der Waals surface area contributed by atoms with Crippen molar-refractivity contribution in [2.24, 2.45) is 0 Å². The Labute approximate surface area is 195 Å². The van der Waals surface area contributed by atoms with Gasteiger partial charge in [-0.1, -0.05) is 65.3 Å². The number of thiocarbonyl (C=S) groups is 1. The van der Waals surface area contributed by atoms with Crippen LogP contribution in [-0.4, -0.2) is 17.6 Å². The Hall–Kier alpha value is -2.90. The summed E-state index contributed by atoms with van der Waals surface area (Å²) in [4.78, 5) is 12.8. The highest BCUT2D eigenvalue weighted by Gasteiger charge is 2.15. The standard InChI is InChI=1S/C24H23BrN2O3S/c1-2-14-29-21-13-12-18(25)15-19(21)23(28)27-24(31)26-20-10-6-7-11-22(20)30-16-17-8-4-3-5-9-17/h3-13,15H,2,14,16H2,1H3,(H2,26,27,28,31). The Morgan fingerprint density at radius 3 is 2.48 bits per heavy atom. The van der Waals surface area contributed by atoms with Crippen LogP contribution in [0.2, 0.25) is 0 Å². The summed E-state index contributed by atoms with van der Waals surface area (Å²) in [6.07, 6.45) is 0.844. The van der Waals surface area contributed by atoms with E-state index in [2.05, 4.69) is 26.6 Å². The van der Waals surface area contributed by atoms with E-state index in [1.54, 1.807) is 12.1 Å². The van der Waals surface area contributed by atoms with Gasteiger partial charge in [-0.2, -0.15) is 0 Å². The Morgan fingerprint density at radius 2 is 1.71 bits per heavy atom. The molecule has 1 amide bonds. The lowest BCUT2D eigenvalue weighted by Gasteiger charge is -2.15. The maximum Gasteiger partial charge on any atom is 0.261 e. The molecule has 0 saturated carbocycles. The number of halogens is 1. The lowest BCUT2D eigenvalue weighted by molar-refractivity contribution is 0.0973. The third kappa shape index (κ3) is 6.80. The lowest BCUT2D eigenvalue weighted by atomic mass is 10.2. The van der Waals surface area contributed by atoms with Crippen LogP contribution in [0.5, 0.6) is 11.5 Å². The predicted molar refractivity (Wildman–Crippen MR) is 131 cm³/mol. The van der Waals surface area contributed by atoms with Gasteiger partial charge in [0.25, 0.3) is 5.91 Å². The van der Waals surface area contributed by atoms with Crippen molar-refractivity contribution in [2.45, 2.75) is 20.0 Å². The largest absolute Gasteiger partial charge is 0.493 e. The first-order valence-corrected chi connectivity index (χ1v) is 11.1. The number of anilines is 1. The number of carbonyl (C=O) groups is 1. The third-order valence-electron chi connectivity index (χ3n) is 4.25. The molecule has 160 valence electrons. The molecule has 7 heteroatoms. The number of nitrogens with one attached hydrogen (secondary N) is 2. The van der Waals surface area contributed by atoms with Crippen LogP contribution in [-0.2, 0) is 6.61 Å². The summed E-state index contributed by atoms with van der Waals surface area (Å²) in [6, 6.07) is 22.6. The molecule has 0 bridgehead atoms. The van der Waals surface area contributed by atoms with Gasteiger partial charge in [-0.25, -0.2) is 0 Å². The molecule has 3 aromatic rings. The highest BCUT2D eigenvalue weighted by atomic mass is 79.9. The molecule has 31 heavy (non-hydrogen) atoms. The van der Waals surface area contributed by atoms with Gasteiger partial charge in [-0.15, -0.1) is 0 Å². The molecule has 2 N–H and O–H groups in total. The molecule has 0 atom stereocenters. The van der Waals surface area contributed by atoms with Gasteiger partial charge in [0.15, 0.2) is 5.11 Å². The van der Waals surface area contributed by atoms with E-state index in [1.165, 1.54) is 0 Å². The fraction of sp³-hybridized carbons (Fsp3) is 0.167. The van der Waals surface area contributed by atoms with E-state index < -0.39 is 0 Å². The maximum absolute atomic E-state index is 12.8. The first-order valence-electron chi connectivity index (χ1n) is 9.87. The van der Waals surface area contributed by atoms with Crippen molar-refractivity contribution in [3.05, 3.63) is 88.4 Å². The molecule has 0 aliphatic heterocycles. The minimum Gasteiger partial charge on any atom is -0.493 e. The SMILES string of the molecule is CCCOc1ccc(Br)cc1C(=O)NC(=S)Nc1ccccc1OCc1ccccc1. The van der Waals surface area contributed by atoms with E-state index in [0.717, 1.165) is 16.5 Å². The molecule has 0 heterocycles. The van der Waals surface area contributed by atoms with Gasteiger partial charge in [0.2, 0.25) is 0 Å². The van der Waals surface area contributed by atoms with E-state index in [0.29, 0.717) is 36.0 Å². The van der Waals surface area contributed by atoms with Crippen LogP contribution in [0.25, 0.3) is 0 Å². The summed E-state index contributed by atoms with van der Waals surface area (Å²) in [5, 5.41) is 5.93. The van der Waals surface area contributed by atoms with Crippen LogP contribution in [0.4, 0.5) is 5.69 Å². The Morgan fingerprint density at radius 1 is 0.968 bits per heavy atom. The smallest absolute Gasteiger partial charge is 0.261 e. The fourth-order valence-corrected chi connectivity index (χ4v) is 3.34. The number of rotatable bonds is 8. The van der Waals surface area contributed by atoms with E-state index in [-0.39, 0.29) is 11.0 Å². The second-order valence-corrected chi connectivity index (χ2v) is 7.99. The van der Waals surface area contributed by atoms with Crippen molar-refractivity contribution >= 4 is 44.9 Å². The van der Waals surface area contributed by atoms with Crippen molar-refractivity contribution in [2.75, 3.05) is 11.9 Å². The number of carbonyl (C=O) groups excluding carboxylic acids is 1. The Bertz CT molecular complexity index is 1040. The summed E-state index contributed by atoms with van der Waals surface area (Å²) in [7, 11) is 0. The molecule has 0 saturated heterocycles. The Balaban J connectivity index is 1.66. The fourth-order valence-electron chi connectivity index (χ4n) is 2.77. The quantitative estimate of drug-likeness (QED) is 0.376. The number of hydrogen-bond acceptors (Lipinski definition) is 4. The van der Waals surface area contributed by atoms with Gasteiger partial charge in [-0.05, 0) is 54.5 Å². The summed E-state index contributed by atoms with van der Waals surface area (Å²) >= 11 is 8.76. The normalized spacial score (nSPS) is 10.3. The van der Waals surface area contributed by atoms with Crippen LogP contribution < -0.4 is 20.1 Å². The zero-order valence-electron chi connectivity index (χ0n) is 17.1. The van der Waals surface area contributed by atoms with Gasteiger partial charge in [-0.3, -0.25) is 10.1 Å². The average molecular weight is 499 g/mol. The molecule has 0 unspecified atom stereocenters. The number of benzene rings is 3. The van der Waals surface area contributed by atoms with E-state index >= 15 is 0 Å². The zero-order chi connectivity index (χ0) is 22.1. The maximum atomic E-state index is 12.8. The van der Waals surface area contributed by atoms with Crippen molar-refractivity contribution in [1.82, 2.24) is 5.32 Å². The molecule has 0 radical (unpaired) electrons. The van der Waals surface area contributed by atoms with Gasteiger partial charge in [0.1, 0.15) is 18.1 Å². The van der Waals surface area contributed by atoms with Crippen LogP contribution in [0.3, 0.4) is 0 Å². The average Bonchev–Trinajstić information content (AvgIpc) is 2.78. The van der Waals surface area contributed by atoms with Gasteiger partial charge < -0.3 is 14.8 Å². The van der Waals surface area contributed by atoms with Gasteiger partial charge >= 0.3 is 0 Å². The van der Waals surface area contributed by atoms with Gasteiger partial charge in [0, 0.05) is 4.47 Å². The monoisotopic (exact) mass is 498 g/mol. The van der Waals surface area contributed by atoms with Crippen molar-refractivity contribution in [3.8, 4) is 11.5 Å². The first kappa shape index (κ1) is 22.8. The summed E-state index contributed by atoms with van der Waals surface area (Å²) in [5.74, 6) is 0.793. The van der Waals surface area contributed by atoms with Crippen molar-refractivity contribution in [1.29, 1.82) is 0 Å². The van der Waals surface area contributed by atoms with Crippen LogP contribution in [0.15, 0.2) is 77.3 Å². The predicted octanol–water partition coefficient (Wildman–Crippen LogP) is 5.94. The number of amides is 1. The van der Waals surface area contributed by atoms with Crippen molar-refractivity contribution in [3.63, 3.8) is 0 Å². The molecule has 3 rings (SSSR count). The molecular weight excluding hydrogens is 476 g/mol. The molecular formula is C24H23BrN2O3S. The van der Waals surface area contributed by atoms with E-state index in [1.807, 2.05) is 67.6 Å². The van der Waals surface area contributed by atoms with Crippen LogP contribution in [0, 0.1) is 0 Å². The molecule has 0 fully saturated rings. The summed E-state index contributed by atoms with van der Waals surface area (Å²) in [5.41, 5.74) is 2.13. The third-order valence-corrected chi connectivity index (χ3v) is 4.94. The molecule has 3 aromatic carbocycles. The van der Waals surface area contributed by atoms with Crippen LogP contribution in [0.1, 0.15) is 29.3 Å². The summed E-state index contributed by atoms with van der Waals surface area (Å²) in [6.45, 7) is 2.96. The minimum absolute atomic E-state index is 0.169. The van der Waals surface area contributed by atoms with E-state index in [9.17, 15) is 4.79 Å². The highest BCUT2D eigenvalue weighted by Crippen LogP contribution is 2.26. The zero-order valence-corrected chi connectivity index (χ0v) is 19.5. The van der Waals surface area contributed by atoms with Crippen LogP contribution >= 0.6 is 28.1 Å². The van der Waals surface area contributed by atoms with Crippen molar-refractivity contribution < 1.29 is 14.3 Å². The molecule has 0 aliphatic carbocycles. The topological polar surface area (TPSA) is 59.6 Å². The second-order valence-electron chi connectivity index (χ2n) is 6.67. The Kier molecular flexibility index (Phi) is 8.44. The first-order chi connectivity index (χ1) is 15.1. The van der Waals surface area contributed by atoms with Gasteiger partial charge in [0.05, 0.1) is 17.9 Å².